The van der Waals surface area contributed by atoms with E-state index in [4.69, 9.17) is 4.74 Å². The Labute approximate surface area is 87.8 Å². The highest BCUT2D eigenvalue weighted by atomic mass is 16.5. The van der Waals surface area contributed by atoms with Crippen molar-refractivity contribution in [3.63, 3.8) is 0 Å². The molecule has 1 N–H and O–H groups in total. The molecule has 0 aliphatic carbocycles. The molecule has 1 aliphatic heterocycles. The first-order valence-corrected chi connectivity index (χ1v) is 5.59. The molecular formula is C11H24N2O. The molecule has 1 rings (SSSR count). The molecule has 0 aromatic carbocycles. The van der Waals surface area contributed by atoms with Crippen molar-refractivity contribution in [3.8, 4) is 0 Å². The van der Waals surface area contributed by atoms with Gasteiger partial charge in [-0.05, 0) is 20.3 Å². The van der Waals surface area contributed by atoms with E-state index in [1.807, 2.05) is 0 Å². The Morgan fingerprint density at radius 1 is 1.57 bits per heavy atom. The maximum atomic E-state index is 5.13. The predicted octanol–water partition coefficient (Wildman–Crippen LogP) is 1.10. The molecule has 2 atom stereocenters. The van der Waals surface area contributed by atoms with E-state index >= 15 is 0 Å². The van der Waals surface area contributed by atoms with Crippen LogP contribution in [-0.4, -0.2) is 49.8 Å². The van der Waals surface area contributed by atoms with Crippen LogP contribution >= 0.6 is 0 Å². The zero-order chi connectivity index (χ0) is 10.6. The van der Waals surface area contributed by atoms with Crippen molar-refractivity contribution in [2.24, 2.45) is 0 Å². The molecule has 1 saturated heterocycles. The highest BCUT2D eigenvalue weighted by molar-refractivity contribution is 4.92. The zero-order valence-electron chi connectivity index (χ0n) is 9.97. The fraction of sp³-hybridized carbons (Fsp3) is 1.00. The lowest BCUT2D eigenvalue weighted by atomic mass is 9.94. The maximum Gasteiger partial charge on any atom is 0.0589 e. The van der Waals surface area contributed by atoms with Gasteiger partial charge in [-0.3, -0.25) is 4.90 Å². The van der Waals surface area contributed by atoms with Crippen molar-refractivity contribution in [1.29, 1.82) is 0 Å². The smallest absolute Gasteiger partial charge is 0.0589 e. The van der Waals surface area contributed by atoms with Gasteiger partial charge in [-0.1, -0.05) is 6.92 Å². The second-order valence-electron chi connectivity index (χ2n) is 4.61. The van der Waals surface area contributed by atoms with Crippen molar-refractivity contribution < 1.29 is 4.74 Å². The Morgan fingerprint density at radius 2 is 2.29 bits per heavy atom. The standard InChI is InChI=1S/C11H24N2O/c1-5-11(3)9-13(6-7-14-4)10(2)8-12-11/h10,12H,5-9H2,1-4H3. The van der Waals surface area contributed by atoms with Gasteiger partial charge in [-0.15, -0.1) is 0 Å². The van der Waals surface area contributed by atoms with Crippen LogP contribution in [0.5, 0.6) is 0 Å². The summed E-state index contributed by atoms with van der Waals surface area (Å²) in [5.41, 5.74) is 0.292. The molecule has 1 heterocycles. The molecule has 0 aromatic rings. The quantitative estimate of drug-likeness (QED) is 0.735. The second kappa shape index (κ2) is 5.10. The number of piperazine rings is 1. The van der Waals surface area contributed by atoms with E-state index < -0.39 is 0 Å². The highest BCUT2D eigenvalue weighted by Gasteiger charge is 2.31. The van der Waals surface area contributed by atoms with Crippen molar-refractivity contribution >= 4 is 0 Å². The number of hydrogen-bond acceptors (Lipinski definition) is 3. The summed E-state index contributed by atoms with van der Waals surface area (Å²) >= 11 is 0. The highest BCUT2D eigenvalue weighted by Crippen LogP contribution is 2.18. The SMILES string of the molecule is CCC1(C)CN(CCOC)C(C)CN1. The van der Waals surface area contributed by atoms with Gasteiger partial charge in [0.1, 0.15) is 0 Å². The van der Waals surface area contributed by atoms with E-state index in [-0.39, 0.29) is 0 Å². The van der Waals surface area contributed by atoms with Gasteiger partial charge in [0, 0.05) is 38.3 Å². The molecule has 0 aromatic heterocycles. The van der Waals surface area contributed by atoms with Crippen LogP contribution in [-0.2, 0) is 4.74 Å². The summed E-state index contributed by atoms with van der Waals surface area (Å²) < 4.78 is 5.13. The predicted molar refractivity (Wildman–Crippen MR) is 59.6 cm³/mol. The number of hydrogen-bond donors (Lipinski definition) is 1. The van der Waals surface area contributed by atoms with Gasteiger partial charge in [-0.25, -0.2) is 0 Å². The maximum absolute atomic E-state index is 5.13. The van der Waals surface area contributed by atoms with Gasteiger partial charge in [-0.2, -0.15) is 0 Å². The van der Waals surface area contributed by atoms with Gasteiger partial charge in [0.25, 0.3) is 0 Å². The molecule has 3 heteroatoms. The fourth-order valence-corrected chi connectivity index (χ4v) is 1.93. The second-order valence-corrected chi connectivity index (χ2v) is 4.61. The molecule has 84 valence electrons. The first-order valence-electron chi connectivity index (χ1n) is 5.59. The summed E-state index contributed by atoms with van der Waals surface area (Å²) in [4.78, 5) is 2.52. The summed E-state index contributed by atoms with van der Waals surface area (Å²) in [5.74, 6) is 0. The van der Waals surface area contributed by atoms with E-state index in [9.17, 15) is 0 Å². The third-order valence-electron chi connectivity index (χ3n) is 3.36. The molecule has 0 saturated carbocycles. The summed E-state index contributed by atoms with van der Waals surface area (Å²) in [5, 5.41) is 3.62. The third-order valence-corrected chi connectivity index (χ3v) is 3.36. The van der Waals surface area contributed by atoms with Crippen LogP contribution in [0.2, 0.25) is 0 Å². The molecule has 0 amide bonds. The summed E-state index contributed by atoms with van der Waals surface area (Å²) in [6.07, 6.45) is 1.18. The summed E-state index contributed by atoms with van der Waals surface area (Å²) in [7, 11) is 1.77. The molecule has 0 spiro atoms. The van der Waals surface area contributed by atoms with Gasteiger partial charge < -0.3 is 10.1 Å². The average molecular weight is 200 g/mol. The van der Waals surface area contributed by atoms with Crippen molar-refractivity contribution in [3.05, 3.63) is 0 Å². The van der Waals surface area contributed by atoms with Crippen LogP contribution in [0.15, 0.2) is 0 Å². The van der Waals surface area contributed by atoms with Gasteiger partial charge in [0.2, 0.25) is 0 Å². The average Bonchev–Trinajstić information content (AvgIpc) is 2.20. The number of ether oxygens (including phenoxy) is 1. The Hall–Kier alpha value is -0.120. The Bertz CT molecular complexity index is 175. The van der Waals surface area contributed by atoms with E-state index in [1.165, 1.54) is 6.42 Å². The summed E-state index contributed by atoms with van der Waals surface area (Å²) in [6.45, 7) is 10.9. The normalized spacial score (nSPS) is 34.7. The van der Waals surface area contributed by atoms with Gasteiger partial charge in [0.05, 0.1) is 6.61 Å². The van der Waals surface area contributed by atoms with Gasteiger partial charge >= 0.3 is 0 Å². The van der Waals surface area contributed by atoms with Crippen LogP contribution < -0.4 is 5.32 Å². The number of nitrogens with zero attached hydrogens (tertiary/aromatic N) is 1. The first-order chi connectivity index (χ1) is 6.61. The van der Waals surface area contributed by atoms with Crippen LogP contribution in [0, 0.1) is 0 Å². The Balaban J connectivity index is 2.46. The zero-order valence-corrected chi connectivity index (χ0v) is 9.97. The number of nitrogens with one attached hydrogen (secondary N) is 1. The van der Waals surface area contributed by atoms with Crippen LogP contribution in [0.4, 0.5) is 0 Å². The molecule has 1 fully saturated rings. The lowest BCUT2D eigenvalue weighted by Crippen LogP contribution is -2.62. The summed E-state index contributed by atoms with van der Waals surface area (Å²) in [6, 6.07) is 0.629. The minimum Gasteiger partial charge on any atom is -0.383 e. The van der Waals surface area contributed by atoms with E-state index in [0.29, 0.717) is 11.6 Å². The van der Waals surface area contributed by atoms with E-state index in [0.717, 1.165) is 26.2 Å². The lowest BCUT2D eigenvalue weighted by molar-refractivity contribution is 0.0640. The van der Waals surface area contributed by atoms with Crippen molar-refractivity contribution in [2.45, 2.75) is 38.8 Å². The number of methoxy groups -OCH3 is 1. The molecule has 14 heavy (non-hydrogen) atoms. The van der Waals surface area contributed by atoms with E-state index in [1.54, 1.807) is 7.11 Å². The first kappa shape index (κ1) is 12.0. The monoisotopic (exact) mass is 200 g/mol. The van der Waals surface area contributed by atoms with E-state index in [2.05, 4.69) is 31.0 Å². The third kappa shape index (κ3) is 2.94. The minimum atomic E-state index is 0.292. The largest absolute Gasteiger partial charge is 0.383 e. The van der Waals surface area contributed by atoms with Crippen molar-refractivity contribution in [1.82, 2.24) is 10.2 Å². The minimum absolute atomic E-state index is 0.292. The molecule has 0 radical (unpaired) electrons. The number of rotatable bonds is 4. The van der Waals surface area contributed by atoms with Crippen LogP contribution in [0.1, 0.15) is 27.2 Å². The molecule has 0 bridgehead atoms. The van der Waals surface area contributed by atoms with Crippen LogP contribution in [0.3, 0.4) is 0 Å². The fourth-order valence-electron chi connectivity index (χ4n) is 1.93. The Kier molecular flexibility index (Phi) is 4.35. The molecule has 2 unspecified atom stereocenters. The Morgan fingerprint density at radius 3 is 2.86 bits per heavy atom. The molecule has 3 nitrogen and oxygen atoms in total. The molecule has 1 aliphatic rings. The lowest BCUT2D eigenvalue weighted by Gasteiger charge is -2.44. The van der Waals surface area contributed by atoms with Crippen molar-refractivity contribution in [2.75, 3.05) is 33.4 Å². The van der Waals surface area contributed by atoms with Crippen LogP contribution in [0.25, 0.3) is 0 Å². The van der Waals surface area contributed by atoms with Gasteiger partial charge in [0.15, 0.2) is 0 Å². The molecular weight excluding hydrogens is 176 g/mol. The topological polar surface area (TPSA) is 24.5 Å².